The van der Waals surface area contributed by atoms with Crippen LogP contribution in [0.1, 0.15) is 32.9 Å². The second-order valence-electron chi connectivity index (χ2n) is 6.51. The third kappa shape index (κ3) is 5.20. The Kier molecular flexibility index (Phi) is 6.82. The van der Waals surface area contributed by atoms with Crippen LogP contribution in [0.3, 0.4) is 0 Å². The second kappa shape index (κ2) is 9.18. The summed E-state index contributed by atoms with van der Waals surface area (Å²) in [6.45, 7) is 3.54. The third-order valence-electron chi connectivity index (χ3n) is 4.22. The highest BCUT2D eigenvalue weighted by molar-refractivity contribution is 7.90. The van der Waals surface area contributed by atoms with Crippen molar-refractivity contribution in [3.63, 3.8) is 0 Å². The highest BCUT2D eigenvalue weighted by atomic mass is 35.5. The lowest BCUT2D eigenvalue weighted by Gasteiger charge is -2.09. The van der Waals surface area contributed by atoms with E-state index >= 15 is 0 Å². The van der Waals surface area contributed by atoms with Gasteiger partial charge in [-0.1, -0.05) is 46.6 Å². The molecule has 3 rings (SSSR count). The van der Waals surface area contributed by atoms with E-state index in [0.29, 0.717) is 16.7 Å². The van der Waals surface area contributed by atoms with Crippen molar-refractivity contribution in [2.24, 2.45) is 0 Å². The first-order chi connectivity index (χ1) is 14.2. The van der Waals surface area contributed by atoms with Gasteiger partial charge in [-0.05, 0) is 49.2 Å². The predicted octanol–water partition coefficient (Wildman–Crippen LogP) is 4.43. The van der Waals surface area contributed by atoms with Crippen LogP contribution in [0.4, 0.5) is 0 Å². The number of carbonyl (C=O) groups excluding carboxylic acids is 1. The zero-order valence-corrected chi connectivity index (χ0v) is 18.4. The molecule has 30 heavy (non-hydrogen) atoms. The van der Waals surface area contributed by atoms with Crippen molar-refractivity contribution >= 4 is 39.1 Å². The molecule has 1 heterocycles. The number of amides is 1. The highest BCUT2D eigenvalue weighted by Crippen LogP contribution is 2.22. The topological polar surface area (TPSA) is 98.5 Å². The molecule has 2 aromatic carbocycles. The fourth-order valence-corrected chi connectivity index (χ4v) is 4.53. The molecule has 0 aliphatic carbocycles. The molecule has 0 aliphatic rings. The average molecular weight is 469 g/mol. The molecule has 1 aromatic heterocycles. The molecule has 3 aromatic rings. The van der Waals surface area contributed by atoms with Gasteiger partial charge in [-0.2, -0.15) is 0 Å². The molecule has 7 nitrogen and oxygen atoms in total. The van der Waals surface area contributed by atoms with Crippen LogP contribution in [-0.2, 0) is 28.0 Å². The number of hydrogen-bond acceptors (Lipinski definition) is 6. The number of benzene rings is 2. The van der Waals surface area contributed by atoms with E-state index < -0.39 is 15.9 Å². The summed E-state index contributed by atoms with van der Waals surface area (Å²) in [4.78, 5) is 12.2. The number of sulfonamides is 1. The van der Waals surface area contributed by atoms with E-state index in [2.05, 4.69) is 5.16 Å². The molecule has 1 amide bonds. The summed E-state index contributed by atoms with van der Waals surface area (Å²) in [6, 6.07) is 11.6. The van der Waals surface area contributed by atoms with Gasteiger partial charge in [0.2, 0.25) is 0 Å². The van der Waals surface area contributed by atoms with Crippen molar-refractivity contribution in [3.05, 3.63) is 80.7 Å². The second-order valence-corrected chi connectivity index (χ2v) is 8.98. The molecule has 0 unspecified atom stereocenters. The van der Waals surface area contributed by atoms with Gasteiger partial charge in [-0.15, -0.1) is 0 Å². The Hall–Kier alpha value is -2.39. The summed E-state index contributed by atoms with van der Waals surface area (Å²) in [5.74, 6) is -0.642. The lowest BCUT2D eigenvalue weighted by Crippen LogP contribution is -2.31. The van der Waals surface area contributed by atoms with E-state index in [1.165, 1.54) is 26.0 Å². The molecule has 1 N–H and O–H groups in total. The van der Waals surface area contributed by atoms with Gasteiger partial charge in [0, 0.05) is 15.6 Å². The van der Waals surface area contributed by atoms with Gasteiger partial charge in [0.15, 0.2) is 10.7 Å². The van der Waals surface area contributed by atoms with E-state index in [1.54, 1.807) is 30.3 Å². The molecule has 10 heteroatoms. The van der Waals surface area contributed by atoms with Crippen LogP contribution >= 0.6 is 23.2 Å². The van der Waals surface area contributed by atoms with Crippen LogP contribution in [0.15, 0.2) is 51.9 Å². The first-order valence-corrected chi connectivity index (χ1v) is 11.0. The number of aryl methyl sites for hydroxylation is 2. The SMILES string of the molecule is Cc1noc(C)c1S(=O)(=O)NC(=O)c1ccc(COCc2ccc(Cl)cc2Cl)cc1. The zero-order chi connectivity index (χ0) is 21.9. The maximum absolute atomic E-state index is 12.4. The van der Waals surface area contributed by atoms with Crippen LogP contribution < -0.4 is 4.72 Å². The molecular weight excluding hydrogens is 451 g/mol. The minimum absolute atomic E-state index is 0.112. The van der Waals surface area contributed by atoms with Crippen LogP contribution in [0.2, 0.25) is 10.0 Å². The molecular formula is C20H18Cl2N2O5S. The van der Waals surface area contributed by atoms with Gasteiger partial charge < -0.3 is 9.26 Å². The van der Waals surface area contributed by atoms with Crippen molar-refractivity contribution in [2.75, 3.05) is 0 Å². The van der Waals surface area contributed by atoms with Gasteiger partial charge in [0.1, 0.15) is 5.69 Å². The van der Waals surface area contributed by atoms with Crippen LogP contribution in [0.25, 0.3) is 0 Å². The normalized spacial score (nSPS) is 11.5. The van der Waals surface area contributed by atoms with Crippen LogP contribution in [0.5, 0.6) is 0 Å². The van der Waals surface area contributed by atoms with Crippen molar-refractivity contribution in [3.8, 4) is 0 Å². The average Bonchev–Trinajstić information content (AvgIpc) is 3.03. The smallest absolute Gasteiger partial charge is 0.269 e. The van der Waals surface area contributed by atoms with Gasteiger partial charge in [-0.3, -0.25) is 4.79 Å². The molecule has 0 bridgehead atoms. The van der Waals surface area contributed by atoms with Crippen LogP contribution in [0, 0.1) is 13.8 Å². The highest BCUT2D eigenvalue weighted by Gasteiger charge is 2.26. The van der Waals surface area contributed by atoms with Crippen molar-refractivity contribution < 1.29 is 22.5 Å². The van der Waals surface area contributed by atoms with E-state index in [4.69, 9.17) is 32.5 Å². The van der Waals surface area contributed by atoms with Crippen molar-refractivity contribution in [1.82, 2.24) is 9.88 Å². The van der Waals surface area contributed by atoms with E-state index in [9.17, 15) is 13.2 Å². The quantitative estimate of drug-likeness (QED) is 0.550. The Bertz CT molecular complexity index is 1150. The summed E-state index contributed by atoms with van der Waals surface area (Å²) in [5, 5.41) is 4.67. The molecule has 158 valence electrons. The lowest BCUT2D eigenvalue weighted by molar-refractivity contribution is 0.0980. The number of carbonyl (C=O) groups is 1. The van der Waals surface area contributed by atoms with Gasteiger partial charge in [0.05, 0.1) is 13.2 Å². The fraction of sp³-hybridized carbons (Fsp3) is 0.200. The molecule has 0 saturated carbocycles. The molecule has 0 atom stereocenters. The Morgan fingerprint density at radius 2 is 1.80 bits per heavy atom. The number of nitrogens with zero attached hydrogens (tertiary/aromatic N) is 1. The Labute approximate surface area is 184 Å². The van der Waals surface area contributed by atoms with Gasteiger partial charge >= 0.3 is 0 Å². The minimum atomic E-state index is -4.09. The summed E-state index contributed by atoms with van der Waals surface area (Å²) in [5.41, 5.74) is 1.99. The molecule has 0 fully saturated rings. The number of hydrogen-bond donors (Lipinski definition) is 1. The maximum Gasteiger partial charge on any atom is 0.269 e. The van der Waals surface area contributed by atoms with Gasteiger partial charge in [-0.25, -0.2) is 13.1 Å². The number of halogens is 2. The molecule has 0 aliphatic heterocycles. The van der Waals surface area contributed by atoms with E-state index in [-0.39, 0.29) is 28.5 Å². The van der Waals surface area contributed by atoms with Crippen molar-refractivity contribution in [2.45, 2.75) is 32.0 Å². The summed E-state index contributed by atoms with van der Waals surface area (Å²) < 4.78 is 37.4. The largest absolute Gasteiger partial charge is 0.372 e. The third-order valence-corrected chi connectivity index (χ3v) is 6.38. The Morgan fingerprint density at radius 1 is 1.10 bits per heavy atom. The van der Waals surface area contributed by atoms with E-state index in [0.717, 1.165) is 11.1 Å². The fourth-order valence-electron chi connectivity index (χ4n) is 2.76. The van der Waals surface area contributed by atoms with E-state index in [1.807, 2.05) is 4.72 Å². The summed E-state index contributed by atoms with van der Waals surface area (Å²) in [6.07, 6.45) is 0. The maximum atomic E-state index is 12.4. The Balaban J connectivity index is 1.60. The van der Waals surface area contributed by atoms with Crippen molar-refractivity contribution in [1.29, 1.82) is 0 Å². The number of aromatic nitrogens is 1. The number of ether oxygens (including phenoxy) is 1. The molecule has 0 radical (unpaired) electrons. The Morgan fingerprint density at radius 3 is 2.40 bits per heavy atom. The molecule has 0 saturated heterocycles. The predicted molar refractivity (Wildman–Crippen MR) is 112 cm³/mol. The molecule has 0 spiro atoms. The standard InChI is InChI=1S/C20H18Cl2N2O5S/c1-12-19(13(2)29-23-12)30(26,27)24-20(25)15-5-3-14(4-6-15)10-28-11-16-7-8-17(21)9-18(16)22/h3-9H,10-11H2,1-2H3,(H,24,25). The van der Waals surface area contributed by atoms with Crippen LogP contribution in [-0.4, -0.2) is 19.5 Å². The summed E-state index contributed by atoms with van der Waals surface area (Å²) >= 11 is 12.0. The first kappa shape index (κ1) is 22.3. The monoisotopic (exact) mass is 468 g/mol. The number of nitrogens with one attached hydrogen (secondary N) is 1. The minimum Gasteiger partial charge on any atom is -0.372 e. The lowest BCUT2D eigenvalue weighted by atomic mass is 10.1. The number of rotatable bonds is 7. The first-order valence-electron chi connectivity index (χ1n) is 8.78. The van der Waals surface area contributed by atoms with Gasteiger partial charge in [0.25, 0.3) is 15.9 Å². The summed E-state index contributed by atoms with van der Waals surface area (Å²) in [7, 11) is -4.09. The zero-order valence-electron chi connectivity index (χ0n) is 16.1.